The zero-order valence-electron chi connectivity index (χ0n) is 16.0. The molecule has 6 nitrogen and oxygen atoms in total. The van der Waals surface area contributed by atoms with Crippen LogP contribution in [-0.2, 0) is 0 Å². The number of hydrogen-bond donors (Lipinski definition) is 1. The fourth-order valence-corrected chi connectivity index (χ4v) is 3.60. The highest BCUT2D eigenvalue weighted by Gasteiger charge is 2.19. The van der Waals surface area contributed by atoms with Gasteiger partial charge in [0.25, 0.3) is 11.6 Å². The quantitative estimate of drug-likeness (QED) is 0.706. The van der Waals surface area contributed by atoms with Crippen molar-refractivity contribution in [3.8, 4) is 0 Å². The van der Waals surface area contributed by atoms with E-state index in [1.807, 2.05) is 13.8 Å². The van der Waals surface area contributed by atoms with E-state index in [0.717, 1.165) is 42.7 Å². The smallest absolute Gasteiger partial charge is 0.257 e. The minimum absolute atomic E-state index is 0.148. The predicted molar refractivity (Wildman–Crippen MR) is 106 cm³/mol. The number of fused-ring (bicyclic) bond motifs is 1. The first-order valence-electron chi connectivity index (χ1n) is 9.64. The molecule has 0 atom stereocenters. The summed E-state index contributed by atoms with van der Waals surface area (Å²) in [6, 6.07) is 6.25. The molecular formula is C21H23FN4O2. The molecule has 2 aromatic heterocycles. The van der Waals surface area contributed by atoms with Gasteiger partial charge in [0.1, 0.15) is 5.82 Å². The van der Waals surface area contributed by atoms with E-state index in [0.29, 0.717) is 17.0 Å². The fraction of sp³-hybridized carbons (Fsp3) is 0.381. The van der Waals surface area contributed by atoms with E-state index in [4.69, 9.17) is 4.52 Å². The van der Waals surface area contributed by atoms with Crippen molar-refractivity contribution in [3.63, 3.8) is 0 Å². The van der Waals surface area contributed by atoms with Crippen molar-refractivity contribution < 1.29 is 13.7 Å². The van der Waals surface area contributed by atoms with Gasteiger partial charge >= 0.3 is 0 Å². The summed E-state index contributed by atoms with van der Waals surface area (Å²) in [7, 11) is 0. The lowest BCUT2D eigenvalue weighted by atomic mass is 10.1. The maximum atomic E-state index is 13.9. The van der Waals surface area contributed by atoms with E-state index >= 15 is 0 Å². The van der Waals surface area contributed by atoms with Gasteiger partial charge in [-0.05, 0) is 49.4 Å². The van der Waals surface area contributed by atoms with Crippen LogP contribution in [0.15, 0.2) is 35.0 Å². The van der Waals surface area contributed by atoms with Crippen LogP contribution >= 0.6 is 0 Å². The van der Waals surface area contributed by atoms with Crippen molar-refractivity contribution in [1.82, 2.24) is 10.1 Å². The Hall–Kier alpha value is -2.96. The van der Waals surface area contributed by atoms with Crippen molar-refractivity contribution in [1.29, 1.82) is 0 Å². The van der Waals surface area contributed by atoms with E-state index in [1.165, 1.54) is 24.8 Å². The Balaban J connectivity index is 1.64. The van der Waals surface area contributed by atoms with Crippen molar-refractivity contribution >= 4 is 28.4 Å². The Bertz CT molecular complexity index is 1010. The van der Waals surface area contributed by atoms with Crippen LogP contribution in [0.25, 0.3) is 11.1 Å². The Morgan fingerprint density at radius 2 is 2.00 bits per heavy atom. The number of rotatable bonds is 4. The van der Waals surface area contributed by atoms with Gasteiger partial charge in [-0.2, -0.15) is 0 Å². The van der Waals surface area contributed by atoms with Gasteiger partial charge in [-0.3, -0.25) is 4.79 Å². The summed E-state index contributed by atoms with van der Waals surface area (Å²) in [4.78, 5) is 19.3. The highest BCUT2D eigenvalue weighted by molar-refractivity contribution is 6.07. The molecule has 0 unspecified atom stereocenters. The third-order valence-corrected chi connectivity index (χ3v) is 5.07. The van der Waals surface area contributed by atoms with Gasteiger partial charge in [0.05, 0.1) is 28.0 Å². The van der Waals surface area contributed by atoms with Gasteiger partial charge in [0.2, 0.25) is 0 Å². The molecule has 3 aromatic rings. The lowest BCUT2D eigenvalue weighted by Gasteiger charge is -2.30. The number of aromatic nitrogens is 2. The number of benzene rings is 1. The third-order valence-electron chi connectivity index (χ3n) is 5.07. The number of amides is 1. The van der Waals surface area contributed by atoms with Gasteiger partial charge in [0, 0.05) is 19.3 Å². The van der Waals surface area contributed by atoms with E-state index in [-0.39, 0.29) is 17.6 Å². The number of anilines is 2. The first kappa shape index (κ1) is 18.4. The average molecular weight is 382 g/mol. The summed E-state index contributed by atoms with van der Waals surface area (Å²) in [6.07, 6.45) is 4.84. The topological polar surface area (TPSA) is 71.3 Å². The second kappa shape index (κ2) is 7.58. The lowest BCUT2D eigenvalue weighted by Crippen LogP contribution is -2.30. The molecule has 28 heavy (non-hydrogen) atoms. The number of nitrogens with zero attached hydrogens (tertiary/aromatic N) is 3. The van der Waals surface area contributed by atoms with Crippen molar-refractivity contribution in [2.45, 2.75) is 39.0 Å². The molecule has 0 spiro atoms. The van der Waals surface area contributed by atoms with Crippen molar-refractivity contribution in [2.24, 2.45) is 0 Å². The van der Waals surface area contributed by atoms with Crippen molar-refractivity contribution in [3.05, 3.63) is 47.5 Å². The fourth-order valence-electron chi connectivity index (χ4n) is 3.60. The number of nitrogens with one attached hydrogen (secondary N) is 1. The lowest BCUT2D eigenvalue weighted by molar-refractivity contribution is 0.102. The zero-order chi connectivity index (χ0) is 19.7. The molecule has 0 saturated carbocycles. The standard InChI is InChI=1S/C21H23FN4O2/c1-13(2)19-16-10-14(12-23-21(16)28-25-19)20(27)24-17-11-15(22)6-7-18(17)26-8-4-3-5-9-26/h6-7,10-13H,3-5,8-9H2,1-2H3,(H,24,27). The summed E-state index contributed by atoms with van der Waals surface area (Å²) in [6.45, 7) is 5.81. The number of piperidine rings is 1. The summed E-state index contributed by atoms with van der Waals surface area (Å²) >= 11 is 0. The molecule has 7 heteroatoms. The van der Waals surface area contributed by atoms with Crippen LogP contribution in [-0.4, -0.2) is 29.1 Å². The first-order valence-corrected chi connectivity index (χ1v) is 9.64. The van der Waals surface area contributed by atoms with Gasteiger partial charge in [-0.1, -0.05) is 19.0 Å². The summed E-state index contributed by atoms with van der Waals surface area (Å²) in [5.74, 6) is -0.574. The van der Waals surface area contributed by atoms with E-state index in [1.54, 1.807) is 12.1 Å². The Labute approximate surface area is 162 Å². The molecule has 0 aliphatic carbocycles. The van der Waals surface area contributed by atoms with E-state index < -0.39 is 0 Å². The summed E-state index contributed by atoms with van der Waals surface area (Å²) < 4.78 is 19.1. The second-order valence-electron chi connectivity index (χ2n) is 7.46. The molecule has 1 amide bonds. The monoisotopic (exact) mass is 382 g/mol. The molecular weight excluding hydrogens is 359 g/mol. The molecule has 1 aliphatic rings. The predicted octanol–water partition coefficient (Wildman–Crippen LogP) is 4.73. The normalized spacial score (nSPS) is 14.6. The van der Waals surface area contributed by atoms with Crippen LogP contribution in [0.3, 0.4) is 0 Å². The van der Waals surface area contributed by atoms with Gasteiger partial charge in [-0.25, -0.2) is 9.37 Å². The SMILES string of the molecule is CC(C)c1noc2ncc(C(=O)Nc3cc(F)ccc3N3CCCCC3)cc12. The highest BCUT2D eigenvalue weighted by atomic mass is 19.1. The zero-order valence-corrected chi connectivity index (χ0v) is 16.0. The summed E-state index contributed by atoms with van der Waals surface area (Å²) in [5.41, 5.74) is 2.86. The summed E-state index contributed by atoms with van der Waals surface area (Å²) in [5, 5.41) is 7.62. The molecule has 146 valence electrons. The second-order valence-corrected chi connectivity index (χ2v) is 7.46. The van der Waals surface area contributed by atoms with Gasteiger partial charge in [-0.15, -0.1) is 0 Å². The Kier molecular flexibility index (Phi) is 4.98. The molecule has 4 rings (SSSR count). The number of halogens is 1. The molecule has 3 heterocycles. The minimum Gasteiger partial charge on any atom is -0.370 e. The van der Waals surface area contributed by atoms with Crippen LogP contribution in [0.4, 0.5) is 15.8 Å². The van der Waals surface area contributed by atoms with E-state index in [2.05, 4.69) is 20.4 Å². The molecule has 1 aliphatic heterocycles. The highest BCUT2D eigenvalue weighted by Crippen LogP contribution is 2.30. The average Bonchev–Trinajstić information content (AvgIpc) is 3.12. The largest absolute Gasteiger partial charge is 0.370 e. The van der Waals surface area contributed by atoms with Crippen LogP contribution in [0.5, 0.6) is 0 Å². The van der Waals surface area contributed by atoms with Crippen LogP contribution in [0.2, 0.25) is 0 Å². The third kappa shape index (κ3) is 3.56. The molecule has 1 fully saturated rings. The van der Waals surface area contributed by atoms with Crippen LogP contribution in [0, 0.1) is 5.82 Å². The number of hydrogen-bond acceptors (Lipinski definition) is 5. The van der Waals surface area contributed by atoms with Crippen molar-refractivity contribution in [2.75, 3.05) is 23.3 Å². The first-order chi connectivity index (χ1) is 13.5. The molecule has 0 bridgehead atoms. The Morgan fingerprint density at radius 1 is 1.21 bits per heavy atom. The minimum atomic E-state index is -0.384. The maximum Gasteiger partial charge on any atom is 0.257 e. The molecule has 1 aromatic carbocycles. The van der Waals surface area contributed by atoms with E-state index in [9.17, 15) is 9.18 Å². The molecule has 1 saturated heterocycles. The maximum absolute atomic E-state index is 13.9. The number of pyridine rings is 1. The van der Waals surface area contributed by atoms with Gasteiger partial charge in [0.15, 0.2) is 0 Å². The van der Waals surface area contributed by atoms with Gasteiger partial charge < -0.3 is 14.7 Å². The molecule has 0 radical (unpaired) electrons. The number of carbonyl (C=O) groups is 1. The number of carbonyl (C=O) groups excluding carboxylic acids is 1. The van der Waals surface area contributed by atoms with Crippen LogP contribution in [0.1, 0.15) is 55.1 Å². The van der Waals surface area contributed by atoms with Crippen LogP contribution < -0.4 is 10.2 Å². The molecule has 1 N–H and O–H groups in total. The Morgan fingerprint density at radius 3 is 2.75 bits per heavy atom.